The van der Waals surface area contributed by atoms with E-state index in [1.54, 1.807) is 0 Å². The van der Waals surface area contributed by atoms with Crippen LogP contribution < -0.4 is 0 Å². The summed E-state index contributed by atoms with van der Waals surface area (Å²) >= 11 is 0. The number of fused-ring (bicyclic) bond motifs is 1. The molecule has 4 heteroatoms. The minimum Gasteiger partial charge on any atom is -0.480 e. The molecular weight excluding hydrogens is 230 g/mol. The zero-order valence-electron chi connectivity index (χ0n) is 11.3. The molecule has 1 saturated heterocycles. The molecule has 1 heterocycles. The predicted molar refractivity (Wildman–Crippen MR) is 69.6 cm³/mol. The highest BCUT2D eigenvalue weighted by atomic mass is 16.5. The van der Waals surface area contributed by atoms with Crippen molar-refractivity contribution < 1.29 is 14.6 Å². The molecule has 0 aromatic carbocycles. The van der Waals surface area contributed by atoms with E-state index in [1.165, 1.54) is 12.8 Å². The molecule has 1 aliphatic heterocycles. The normalized spacial score (nSPS) is 31.7. The Morgan fingerprint density at radius 3 is 2.94 bits per heavy atom. The third-order valence-corrected chi connectivity index (χ3v) is 4.40. The SMILES string of the molecule is CCCCOCCN1CC2CCCC2C1C(=O)O. The van der Waals surface area contributed by atoms with Crippen molar-refractivity contribution in [2.24, 2.45) is 11.8 Å². The van der Waals surface area contributed by atoms with Gasteiger partial charge in [0.05, 0.1) is 6.61 Å². The van der Waals surface area contributed by atoms with Gasteiger partial charge >= 0.3 is 5.97 Å². The summed E-state index contributed by atoms with van der Waals surface area (Å²) in [5, 5.41) is 9.39. The van der Waals surface area contributed by atoms with Crippen LogP contribution in [0.1, 0.15) is 39.0 Å². The Morgan fingerprint density at radius 2 is 2.22 bits per heavy atom. The molecule has 0 aromatic heterocycles. The largest absolute Gasteiger partial charge is 0.480 e. The number of hydrogen-bond donors (Lipinski definition) is 1. The number of likely N-dealkylation sites (tertiary alicyclic amines) is 1. The smallest absolute Gasteiger partial charge is 0.321 e. The molecule has 1 aliphatic carbocycles. The lowest BCUT2D eigenvalue weighted by atomic mass is 9.94. The first kappa shape index (κ1) is 13.8. The quantitative estimate of drug-likeness (QED) is 0.707. The average Bonchev–Trinajstić information content (AvgIpc) is 2.87. The monoisotopic (exact) mass is 255 g/mol. The Kier molecular flexibility index (Phi) is 5.01. The minimum absolute atomic E-state index is 0.257. The van der Waals surface area contributed by atoms with Crippen LogP contribution in [0.4, 0.5) is 0 Å². The number of nitrogens with zero attached hydrogens (tertiary/aromatic N) is 1. The zero-order chi connectivity index (χ0) is 13.0. The molecule has 0 spiro atoms. The first-order valence-electron chi connectivity index (χ1n) is 7.28. The van der Waals surface area contributed by atoms with Gasteiger partial charge < -0.3 is 9.84 Å². The molecule has 0 radical (unpaired) electrons. The summed E-state index contributed by atoms with van der Waals surface area (Å²) < 4.78 is 5.55. The van der Waals surface area contributed by atoms with E-state index >= 15 is 0 Å². The maximum absolute atomic E-state index is 11.4. The van der Waals surface area contributed by atoms with Crippen LogP contribution in [0.2, 0.25) is 0 Å². The van der Waals surface area contributed by atoms with Gasteiger partial charge in [-0.05, 0) is 31.1 Å². The van der Waals surface area contributed by atoms with E-state index < -0.39 is 5.97 Å². The number of carboxylic acids is 1. The van der Waals surface area contributed by atoms with Gasteiger partial charge in [0, 0.05) is 19.7 Å². The zero-order valence-corrected chi connectivity index (χ0v) is 11.3. The standard InChI is InChI=1S/C14H25NO3/c1-2-3-8-18-9-7-15-10-11-5-4-6-12(11)13(15)14(16)17/h11-13H,2-10H2,1H3,(H,16,17). The highest BCUT2D eigenvalue weighted by Gasteiger charge is 2.47. The van der Waals surface area contributed by atoms with Crippen molar-refractivity contribution in [2.45, 2.75) is 45.1 Å². The van der Waals surface area contributed by atoms with Crippen LogP contribution in [0.25, 0.3) is 0 Å². The van der Waals surface area contributed by atoms with E-state index in [2.05, 4.69) is 11.8 Å². The Bertz CT molecular complexity index is 282. The maximum atomic E-state index is 11.4. The van der Waals surface area contributed by atoms with E-state index in [0.717, 1.165) is 39.0 Å². The molecule has 104 valence electrons. The van der Waals surface area contributed by atoms with Crippen molar-refractivity contribution >= 4 is 5.97 Å². The fraction of sp³-hybridized carbons (Fsp3) is 0.929. The molecule has 1 N–H and O–H groups in total. The molecule has 4 nitrogen and oxygen atoms in total. The summed E-state index contributed by atoms with van der Waals surface area (Å²) in [5.74, 6) is 0.359. The van der Waals surface area contributed by atoms with Crippen LogP contribution in [0.15, 0.2) is 0 Å². The van der Waals surface area contributed by atoms with Crippen molar-refractivity contribution in [3.05, 3.63) is 0 Å². The summed E-state index contributed by atoms with van der Waals surface area (Å²) in [6, 6.07) is -0.257. The second kappa shape index (κ2) is 6.53. The Balaban J connectivity index is 1.78. The Hall–Kier alpha value is -0.610. The second-order valence-electron chi connectivity index (χ2n) is 5.60. The van der Waals surface area contributed by atoms with Crippen molar-refractivity contribution in [2.75, 3.05) is 26.3 Å². The molecular formula is C14H25NO3. The summed E-state index contributed by atoms with van der Waals surface area (Å²) in [6.07, 6.45) is 5.75. The Labute approximate surface area is 109 Å². The number of rotatable bonds is 7. The van der Waals surface area contributed by atoms with Gasteiger partial charge in [0.25, 0.3) is 0 Å². The van der Waals surface area contributed by atoms with Gasteiger partial charge in [-0.15, -0.1) is 0 Å². The van der Waals surface area contributed by atoms with Crippen LogP contribution in [-0.4, -0.2) is 48.3 Å². The molecule has 3 atom stereocenters. The Morgan fingerprint density at radius 1 is 1.39 bits per heavy atom. The first-order valence-corrected chi connectivity index (χ1v) is 7.28. The van der Waals surface area contributed by atoms with Gasteiger partial charge in [-0.1, -0.05) is 19.8 Å². The highest BCUT2D eigenvalue weighted by molar-refractivity contribution is 5.74. The fourth-order valence-corrected chi connectivity index (χ4v) is 3.49. The number of hydrogen-bond acceptors (Lipinski definition) is 3. The van der Waals surface area contributed by atoms with Crippen LogP contribution in [0.3, 0.4) is 0 Å². The topological polar surface area (TPSA) is 49.8 Å². The summed E-state index contributed by atoms with van der Waals surface area (Å²) in [4.78, 5) is 13.5. The van der Waals surface area contributed by atoms with Gasteiger partial charge in [-0.3, -0.25) is 9.69 Å². The van der Waals surface area contributed by atoms with Crippen LogP contribution in [0, 0.1) is 11.8 Å². The van der Waals surface area contributed by atoms with E-state index in [-0.39, 0.29) is 6.04 Å². The third-order valence-electron chi connectivity index (χ3n) is 4.40. The molecule has 0 amide bonds. The molecule has 2 rings (SSSR count). The molecule has 3 unspecified atom stereocenters. The second-order valence-corrected chi connectivity index (χ2v) is 5.60. The van der Waals surface area contributed by atoms with Crippen LogP contribution in [-0.2, 0) is 9.53 Å². The lowest BCUT2D eigenvalue weighted by Gasteiger charge is -2.23. The van der Waals surface area contributed by atoms with Gasteiger partial charge in [0.15, 0.2) is 0 Å². The molecule has 1 saturated carbocycles. The predicted octanol–water partition coefficient (Wildman–Crippen LogP) is 1.99. The minimum atomic E-state index is -0.641. The average molecular weight is 255 g/mol. The van der Waals surface area contributed by atoms with Crippen molar-refractivity contribution in [3.63, 3.8) is 0 Å². The number of unbranched alkanes of at least 4 members (excludes halogenated alkanes) is 1. The van der Waals surface area contributed by atoms with Crippen LogP contribution in [0.5, 0.6) is 0 Å². The lowest BCUT2D eigenvalue weighted by molar-refractivity contribution is -0.143. The lowest BCUT2D eigenvalue weighted by Crippen LogP contribution is -2.41. The number of aliphatic carboxylic acids is 1. The molecule has 2 fully saturated rings. The van der Waals surface area contributed by atoms with Crippen LogP contribution >= 0.6 is 0 Å². The van der Waals surface area contributed by atoms with Gasteiger partial charge in [-0.2, -0.15) is 0 Å². The summed E-state index contributed by atoms with van der Waals surface area (Å²) in [7, 11) is 0. The first-order chi connectivity index (χ1) is 8.74. The molecule has 2 aliphatic rings. The summed E-state index contributed by atoms with van der Waals surface area (Å²) in [6.45, 7) is 5.34. The van der Waals surface area contributed by atoms with Crippen molar-refractivity contribution in [1.82, 2.24) is 4.90 Å². The van der Waals surface area contributed by atoms with E-state index in [1.807, 2.05) is 0 Å². The maximum Gasteiger partial charge on any atom is 0.321 e. The third kappa shape index (κ3) is 3.04. The van der Waals surface area contributed by atoms with E-state index in [4.69, 9.17) is 4.74 Å². The van der Waals surface area contributed by atoms with Gasteiger partial charge in [-0.25, -0.2) is 0 Å². The molecule has 18 heavy (non-hydrogen) atoms. The van der Waals surface area contributed by atoms with Crippen molar-refractivity contribution in [1.29, 1.82) is 0 Å². The fourth-order valence-electron chi connectivity index (χ4n) is 3.49. The van der Waals surface area contributed by atoms with Gasteiger partial charge in [0.2, 0.25) is 0 Å². The van der Waals surface area contributed by atoms with E-state index in [9.17, 15) is 9.90 Å². The molecule has 0 bridgehead atoms. The summed E-state index contributed by atoms with van der Waals surface area (Å²) in [5.41, 5.74) is 0. The van der Waals surface area contributed by atoms with Crippen molar-refractivity contribution in [3.8, 4) is 0 Å². The number of ether oxygens (including phenoxy) is 1. The van der Waals surface area contributed by atoms with E-state index in [0.29, 0.717) is 18.4 Å². The highest BCUT2D eigenvalue weighted by Crippen LogP contribution is 2.41. The number of carboxylic acid groups (broad SMARTS) is 1. The van der Waals surface area contributed by atoms with Gasteiger partial charge in [0.1, 0.15) is 6.04 Å². The molecule has 0 aromatic rings. The number of carbonyl (C=O) groups is 1.